The molecule has 11 nitrogen and oxygen atoms in total. The van der Waals surface area contributed by atoms with Crippen LogP contribution in [0.5, 0.6) is 0 Å². The molecule has 0 fully saturated rings. The van der Waals surface area contributed by atoms with Crippen molar-refractivity contribution in [3.8, 4) is 11.3 Å². The Balaban J connectivity index is 0. The Kier molecular flexibility index (Phi) is 19.4. The minimum atomic E-state index is -2.08. The monoisotopic (exact) mass is 570 g/mol. The van der Waals surface area contributed by atoms with E-state index < -0.39 is 17.6 Å². The fraction of sp³-hybridized carbons (Fsp3) is 0.500. The number of anilines is 1. The molecule has 13 heteroatoms. The number of aromatic carboxylic acids is 1. The molecular weight excluding hydrogens is 527 g/mol. The number of nitrogens with zero attached hydrogens (tertiary/aromatic N) is 2. The number of hydrogen-bond donors (Lipinski definition) is 6. The SMILES string of the molecule is CC.CC(C)(F)C(=O)O.CNCCSc1cc(-c2cc(C(=O)O)c(C)cc2C)nc(N)n1.NCCC(N)C=O. The van der Waals surface area contributed by atoms with Gasteiger partial charge < -0.3 is 37.5 Å². The Morgan fingerprint density at radius 1 is 1.15 bits per heavy atom. The number of carboxylic acid groups (broad SMARTS) is 2. The molecule has 2 rings (SSSR count). The van der Waals surface area contributed by atoms with E-state index in [9.17, 15) is 23.9 Å². The summed E-state index contributed by atoms with van der Waals surface area (Å²) in [5.74, 6) is -1.33. The van der Waals surface area contributed by atoms with Crippen LogP contribution in [0, 0.1) is 13.8 Å². The average molecular weight is 571 g/mol. The molecule has 0 aliphatic heterocycles. The number of aliphatic carboxylic acids is 1. The number of halogens is 1. The Bertz CT molecular complexity index is 1050. The second-order valence-electron chi connectivity index (χ2n) is 8.34. The Morgan fingerprint density at radius 2 is 1.72 bits per heavy atom. The first-order valence-corrected chi connectivity index (χ1v) is 13.3. The number of nitrogens with one attached hydrogen (secondary N) is 1. The topological polar surface area (TPSA) is 208 Å². The highest BCUT2D eigenvalue weighted by Gasteiger charge is 2.24. The highest BCUT2D eigenvalue weighted by atomic mass is 32.2. The number of nitrogen functional groups attached to an aromatic ring is 1. The normalized spacial score (nSPS) is 10.9. The number of thioether (sulfide) groups is 1. The van der Waals surface area contributed by atoms with Gasteiger partial charge >= 0.3 is 11.9 Å². The molecule has 1 atom stereocenters. The number of benzene rings is 1. The van der Waals surface area contributed by atoms with Crippen LogP contribution >= 0.6 is 11.8 Å². The zero-order valence-electron chi connectivity index (χ0n) is 23.7. The average Bonchev–Trinajstić information content (AvgIpc) is 2.85. The minimum Gasteiger partial charge on any atom is -0.479 e. The molecule has 0 bridgehead atoms. The smallest absolute Gasteiger partial charge is 0.340 e. The van der Waals surface area contributed by atoms with Gasteiger partial charge in [-0.1, -0.05) is 19.9 Å². The summed E-state index contributed by atoms with van der Waals surface area (Å²) in [6.45, 7) is 11.1. The van der Waals surface area contributed by atoms with Crippen molar-refractivity contribution >= 4 is 35.9 Å². The van der Waals surface area contributed by atoms with Crippen molar-refractivity contribution in [2.45, 2.75) is 64.7 Å². The van der Waals surface area contributed by atoms with E-state index in [1.54, 1.807) is 24.8 Å². The first-order valence-electron chi connectivity index (χ1n) is 12.3. The molecule has 2 aromatic rings. The zero-order valence-corrected chi connectivity index (χ0v) is 24.6. The molecule has 0 saturated heterocycles. The van der Waals surface area contributed by atoms with Crippen molar-refractivity contribution in [2.24, 2.45) is 11.5 Å². The van der Waals surface area contributed by atoms with Gasteiger partial charge in [0.05, 0.1) is 17.3 Å². The summed E-state index contributed by atoms with van der Waals surface area (Å²) in [6, 6.07) is 4.99. The quantitative estimate of drug-likeness (QED) is 0.105. The van der Waals surface area contributed by atoms with E-state index in [1.165, 1.54) is 0 Å². The molecule has 0 amide bonds. The van der Waals surface area contributed by atoms with E-state index in [0.29, 0.717) is 24.9 Å². The second-order valence-corrected chi connectivity index (χ2v) is 9.46. The van der Waals surface area contributed by atoms with Crippen LogP contribution in [-0.2, 0) is 9.59 Å². The fourth-order valence-corrected chi connectivity index (χ4v) is 3.40. The first kappa shape index (κ1) is 38.0. The van der Waals surface area contributed by atoms with Crippen molar-refractivity contribution in [2.75, 3.05) is 31.6 Å². The standard InChI is InChI=1S/C16H20N4O2S.C4H7FO2.C4H10N2O.C2H6/c1-9-6-10(2)12(15(21)22)7-11(9)13-8-14(20-16(17)19-13)23-5-4-18-3;1-4(2,5)3(6)7;5-2-1-4(6)3-7;1-2/h6-8,18H,4-5H2,1-3H3,(H,21,22)(H2,17,19,20);1-2H3,(H,6,7);3-4H,1-2,5-6H2;1-2H3. The predicted molar refractivity (Wildman–Crippen MR) is 155 cm³/mol. The lowest BCUT2D eigenvalue weighted by Crippen LogP contribution is -2.24. The van der Waals surface area contributed by atoms with Crippen molar-refractivity contribution in [3.63, 3.8) is 0 Å². The molecule has 220 valence electrons. The third-order valence-corrected chi connectivity index (χ3v) is 5.50. The van der Waals surface area contributed by atoms with Crippen LogP contribution in [0.2, 0.25) is 0 Å². The lowest BCUT2D eigenvalue weighted by molar-refractivity contribution is -0.148. The number of aromatic nitrogens is 2. The van der Waals surface area contributed by atoms with Gasteiger partial charge in [0.15, 0.2) is 0 Å². The molecule has 0 saturated carbocycles. The van der Waals surface area contributed by atoms with Crippen molar-refractivity contribution in [1.29, 1.82) is 0 Å². The van der Waals surface area contributed by atoms with E-state index in [0.717, 1.165) is 47.9 Å². The molecule has 1 heterocycles. The van der Waals surface area contributed by atoms with Gasteiger partial charge in [0.25, 0.3) is 0 Å². The molecule has 0 spiro atoms. The Hall–Kier alpha value is -3.13. The number of carbonyl (C=O) groups excluding carboxylic acids is 1. The van der Waals surface area contributed by atoms with Crippen LogP contribution < -0.4 is 22.5 Å². The highest BCUT2D eigenvalue weighted by molar-refractivity contribution is 7.99. The van der Waals surface area contributed by atoms with Gasteiger partial charge in [-0.15, -0.1) is 11.8 Å². The van der Waals surface area contributed by atoms with Gasteiger partial charge in [-0.25, -0.2) is 23.9 Å². The molecule has 0 aliphatic rings. The maximum absolute atomic E-state index is 11.9. The van der Waals surface area contributed by atoms with E-state index in [-0.39, 0.29) is 17.6 Å². The number of hydrogen-bond acceptors (Lipinski definition) is 10. The van der Waals surface area contributed by atoms with Gasteiger partial charge in [0.2, 0.25) is 11.6 Å². The molecule has 1 aromatic heterocycles. The molecule has 9 N–H and O–H groups in total. The summed E-state index contributed by atoms with van der Waals surface area (Å²) in [4.78, 5) is 39.2. The lowest BCUT2D eigenvalue weighted by Gasteiger charge is -2.11. The molecule has 1 unspecified atom stereocenters. The van der Waals surface area contributed by atoms with Crippen molar-refractivity contribution in [1.82, 2.24) is 15.3 Å². The van der Waals surface area contributed by atoms with Gasteiger partial charge in [0, 0.05) is 17.9 Å². The highest BCUT2D eigenvalue weighted by Crippen LogP contribution is 2.28. The van der Waals surface area contributed by atoms with E-state index in [4.69, 9.17) is 22.3 Å². The Labute approximate surface area is 234 Å². The van der Waals surface area contributed by atoms with Crippen LogP contribution in [0.25, 0.3) is 11.3 Å². The van der Waals surface area contributed by atoms with E-state index in [2.05, 4.69) is 15.3 Å². The number of rotatable bonds is 10. The third kappa shape index (κ3) is 15.8. The summed E-state index contributed by atoms with van der Waals surface area (Å²) in [5, 5.41) is 21.0. The fourth-order valence-electron chi connectivity index (χ4n) is 2.53. The second kappa shape index (κ2) is 19.9. The number of alkyl halides is 1. The molecule has 1 aromatic carbocycles. The summed E-state index contributed by atoms with van der Waals surface area (Å²) in [6.07, 6.45) is 1.29. The number of aryl methyl sites for hydroxylation is 2. The molecular formula is C26H43FN6O5S. The molecule has 0 aliphatic carbocycles. The van der Waals surface area contributed by atoms with Crippen molar-refractivity contribution < 1.29 is 29.0 Å². The zero-order chi connectivity index (χ0) is 30.8. The molecule has 39 heavy (non-hydrogen) atoms. The van der Waals surface area contributed by atoms with Crippen molar-refractivity contribution in [3.05, 3.63) is 34.9 Å². The first-order chi connectivity index (χ1) is 18.2. The van der Waals surface area contributed by atoms with Crippen LogP contribution in [0.1, 0.15) is 55.6 Å². The van der Waals surface area contributed by atoms with Crippen LogP contribution in [0.4, 0.5) is 10.3 Å². The number of aldehydes is 1. The summed E-state index contributed by atoms with van der Waals surface area (Å²) in [5.41, 5.74) is 17.3. The van der Waals surface area contributed by atoms with E-state index in [1.807, 2.05) is 40.0 Å². The largest absolute Gasteiger partial charge is 0.479 e. The van der Waals surface area contributed by atoms with Gasteiger partial charge in [-0.3, -0.25) is 0 Å². The van der Waals surface area contributed by atoms with Gasteiger partial charge in [-0.2, -0.15) is 0 Å². The lowest BCUT2D eigenvalue weighted by atomic mass is 9.98. The summed E-state index contributed by atoms with van der Waals surface area (Å²) in [7, 11) is 1.89. The maximum atomic E-state index is 11.9. The number of carboxylic acids is 2. The van der Waals surface area contributed by atoms with Gasteiger partial charge in [-0.05, 0) is 71.0 Å². The number of nitrogens with two attached hydrogens (primary N) is 3. The molecule has 0 radical (unpaired) electrons. The number of carbonyl (C=O) groups is 3. The summed E-state index contributed by atoms with van der Waals surface area (Å²) < 4.78 is 11.9. The van der Waals surface area contributed by atoms with Crippen LogP contribution in [0.3, 0.4) is 0 Å². The Morgan fingerprint density at radius 3 is 2.13 bits per heavy atom. The summed E-state index contributed by atoms with van der Waals surface area (Å²) >= 11 is 1.58. The van der Waals surface area contributed by atoms with E-state index >= 15 is 0 Å². The predicted octanol–water partition coefficient (Wildman–Crippen LogP) is 3.06. The maximum Gasteiger partial charge on any atom is 0.340 e. The van der Waals surface area contributed by atoms with Crippen LogP contribution in [0.15, 0.2) is 23.2 Å². The third-order valence-electron chi connectivity index (χ3n) is 4.58. The van der Waals surface area contributed by atoms with Crippen LogP contribution in [-0.4, -0.2) is 76.0 Å². The van der Waals surface area contributed by atoms with Gasteiger partial charge in [0.1, 0.15) is 11.3 Å². The minimum absolute atomic E-state index is 0.186.